The van der Waals surface area contributed by atoms with Gasteiger partial charge in [0.15, 0.2) is 0 Å². The zero-order chi connectivity index (χ0) is 13.5. The highest BCUT2D eigenvalue weighted by molar-refractivity contribution is 6.02. The molecule has 1 aliphatic carbocycles. The van der Waals surface area contributed by atoms with Crippen molar-refractivity contribution in [1.29, 1.82) is 0 Å². The molecular weight excluding hydrogens is 252 g/mol. The molecule has 2 N–H and O–H groups in total. The highest BCUT2D eigenvalue weighted by atomic mass is 16.1. The van der Waals surface area contributed by atoms with Crippen molar-refractivity contribution < 1.29 is 0 Å². The maximum Gasteiger partial charge on any atom is 0.273 e. The van der Waals surface area contributed by atoms with Crippen molar-refractivity contribution in [1.82, 2.24) is 19.7 Å². The van der Waals surface area contributed by atoms with Crippen LogP contribution in [0.1, 0.15) is 44.6 Å². The van der Waals surface area contributed by atoms with Crippen LogP contribution in [0.25, 0.3) is 21.9 Å². The van der Waals surface area contributed by atoms with E-state index in [1.54, 1.807) is 6.20 Å². The fourth-order valence-electron chi connectivity index (χ4n) is 3.43. The number of nitrogens with one attached hydrogen (secondary N) is 2. The van der Waals surface area contributed by atoms with Gasteiger partial charge in [0.25, 0.3) is 5.56 Å². The minimum absolute atomic E-state index is 0.0279. The van der Waals surface area contributed by atoms with Crippen LogP contribution in [0.3, 0.4) is 0 Å². The maximum absolute atomic E-state index is 12.2. The lowest BCUT2D eigenvalue weighted by Crippen LogP contribution is -2.12. The Bertz CT molecular complexity index is 802. The van der Waals surface area contributed by atoms with Gasteiger partial charge in [-0.15, -0.1) is 0 Å². The van der Waals surface area contributed by atoms with Gasteiger partial charge in [-0.05, 0) is 18.9 Å². The van der Waals surface area contributed by atoms with Gasteiger partial charge in [-0.2, -0.15) is 0 Å². The van der Waals surface area contributed by atoms with Crippen molar-refractivity contribution in [2.24, 2.45) is 0 Å². The zero-order valence-electron chi connectivity index (χ0n) is 11.4. The molecule has 0 unspecified atom stereocenters. The number of fused-ring (bicyclic) bond motifs is 3. The van der Waals surface area contributed by atoms with E-state index in [9.17, 15) is 4.79 Å². The van der Waals surface area contributed by atoms with Crippen molar-refractivity contribution in [3.8, 4) is 0 Å². The van der Waals surface area contributed by atoms with Gasteiger partial charge in [-0.3, -0.25) is 14.6 Å². The molecule has 5 nitrogen and oxygen atoms in total. The fourth-order valence-corrected chi connectivity index (χ4v) is 3.43. The molecule has 20 heavy (non-hydrogen) atoms. The molecule has 1 aliphatic rings. The summed E-state index contributed by atoms with van der Waals surface area (Å²) in [6, 6.07) is 2.41. The molecule has 104 valence electrons. The third-order valence-corrected chi connectivity index (χ3v) is 4.46. The summed E-state index contributed by atoms with van der Waals surface area (Å²) in [4.78, 5) is 19.6. The smallest absolute Gasteiger partial charge is 0.273 e. The van der Waals surface area contributed by atoms with Crippen LogP contribution in [-0.4, -0.2) is 19.7 Å². The lowest BCUT2D eigenvalue weighted by Gasteiger charge is -2.17. The average molecular weight is 270 g/mol. The predicted molar refractivity (Wildman–Crippen MR) is 78.9 cm³/mol. The van der Waals surface area contributed by atoms with Gasteiger partial charge < -0.3 is 4.98 Å². The molecule has 0 aliphatic heterocycles. The van der Waals surface area contributed by atoms with Crippen molar-refractivity contribution in [2.75, 3.05) is 0 Å². The van der Waals surface area contributed by atoms with E-state index >= 15 is 0 Å². The highest BCUT2D eigenvalue weighted by Crippen LogP contribution is 2.30. The van der Waals surface area contributed by atoms with Crippen LogP contribution in [0.5, 0.6) is 0 Å². The first-order chi connectivity index (χ1) is 9.84. The monoisotopic (exact) mass is 270 g/mol. The van der Waals surface area contributed by atoms with Gasteiger partial charge in [0.2, 0.25) is 0 Å². The molecule has 4 rings (SSSR count). The Kier molecular flexibility index (Phi) is 2.65. The summed E-state index contributed by atoms with van der Waals surface area (Å²) >= 11 is 0. The van der Waals surface area contributed by atoms with E-state index in [1.807, 2.05) is 12.3 Å². The van der Waals surface area contributed by atoms with Crippen LogP contribution in [-0.2, 0) is 0 Å². The third-order valence-electron chi connectivity index (χ3n) is 4.46. The van der Waals surface area contributed by atoms with Gasteiger partial charge >= 0.3 is 0 Å². The molecule has 3 aromatic rings. The van der Waals surface area contributed by atoms with Gasteiger partial charge in [-0.25, -0.2) is 4.98 Å². The molecule has 5 heteroatoms. The Labute approximate surface area is 116 Å². The van der Waals surface area contributed by atoms with E-state index in [1.165, 1.54) is 25.7 Å². The molecular formula is C15H18N4O. The van der Waals surface area contributed by atoms with E-state index in [2.05, 4.69) is 19.7 Å². The molecule has 1 fully saturated rings. The van der Waals surface area contributed by atoms with Gasteiger partial charge in [0.05, 0.1) is 16.9 Å². The van der Waals surface area contributed by atoms with Crippen molar-refractivity contribution in [2.45, 2.75) is 44.6 Å². The number of hydrogen-bond donors (Lipinski definition) is 2. The van der Waals surface area contributed by atoms with E-state index in [4.69, 9.17) is 0 Å². The minimum Gasteiger partial charge on any atom is -0.346 e. The standard InChI is InChI=1S/C15H18N4O/c20-15-12-9-17-14-11(7-8-16-14)13(12)19(18-15)10-5-3-1-2-4-6-10/h7-10H,1-6H2,(H,16,17)(H,18,20). The van der Waals surface area contributed by atoms with E-state index in [-0.39, 0.29) is 5.56 Å². The summed E-state index contributed by atoms with van der Waals surface area (Å²) in [7, 11) is 0. The number of pyridine rings is 1. The van der Waals surface area contributed by atoms with Crippen LogP contribution >= 0.6 is 0 Å². The normalized spacial score (nSPS) is 17.8. The first-order valence-corrected chi connectivity index (χ1v) is 7.41. The summed E-state index contributed by atoms with van der Waals surface area (Å²) in [5.74, 6) is 0. The minimum atomic E-state index is -0.0279. The SMILES string of the molecule is O=c1[nH]n(C2CCCCCC2)c2c1cnc1[nH]ccc12. The molecule has 0 saturated heterocycles. The maximum atomic E-state index is 12.2. The Morgan fingerprint density at radius 2 is 1.95 bits per heavy atom. The molecule has 3 aromatic heterocycles. The first kappa shape index (κ1) is 11.8. The van der Waals surface area contributed by atoms with Crippen LogP contribution in [0.15, 0.2) is 23.3 Å². The van der Waals surface area contributed by atoms with Crippen LogP contribution in [0, 0.1) is 0 Å². The van der Waals surface area contributed by atoms with E-state index in [0.29, 0.717) is 11.4 Å². The second-order valence-electron chi connectivity index (χ2n) is 5.72. The predicted octanol–water partition coefficient (Wildman–Crippen LogP) is 3.10. The van der Waals surface area contributed by atoms with Crippen LogP contribution in [0.4, 0.5) is 0 Å². The lowest BCUT2D eigenvalue weighted by molar-refractivity contribution is 0.416. The highest BCUT2D eigenvalue weighted by Gasteiger charge is 2.19. The fraction of sp³-hybridized carbons (Fsp3) is 0.467. The number of rotatable bonds is 1. The molecule has 1 saturated carbocycles. The number of aromatic nitrogens is 4. The number of aromatic amines is 2. The number of hydrogen-bond acceptors (Lipinski definition) is 2. The molecule has 0 aromatic carbocycles. The van der Waals surface area contributed by atoms with Gasteiger partial charge in [0, 0.05) is 17.8 Å². The summed E-state index contributed by atoms with van der Waals surface area (Å²) in [5.41, 5.74) is 1.83. The Hall–Kier alpha value is -2.04. The van der Waals surface area contributed by atoms with Gasteiger partial charge in [-0.1, -0.05) is 25.7 Å². The average Bonchev–Trinajstić information content (AvgIpc) is 2.95. The van der Waals surface area contributed by atoms with E-state index in [0.717, 1.165) is 29.4 Å². The largest absolute Gasteiger partial charge is 0.346 e. The molecule has 0 bridgehead atoms. The summed E-state index contributed by atoms with van der Waals surface area (Å²) in [6.45, 7) is 0. The van der Waals surface area contributed by atoms with Crippen molar-refractivity contribution in [3.05, 3.63) is 28.8 Å². The Balaban J connectivity index is 1.98. The Morgan fingerprint density at radius 3 is 2.75 bits per heavy atom. The molecule has 3 heterocycles. The van der Waals surface area contributed by atoms with Crippen LogP contribution < -0.4 is 5.56 Å². The molecule has 0 radical (unpaired) electrons. The summed E-state index contributed by atoms with van der Waals surface area (Å²) in [5, 5.41) is 4.77. The number of H-pyrrole nitrogens is 2. The van der Waals surface area contributed by atoms with Crippen molar-refractivity contribution in [3.63, 3.8) is 0 Å². The summed E-state index contributed by atoms with van der Waals surface area (Å²) < 4.78 is 2.10. The lowest BCUT2D eigenvalue weighted by atomic mass is 10.1. The Morgan fingerprint density at radius 1 is 1.15 bits per heavy atom. The topological polar surface area (TPSA) is 66.5 Å². The van der Waals surface area contributed by atoms with E-state index < -0.39 is 0 Å². The second-order valence-corrected chi connectivity index (χ2v) is 5.72. The summed E-state index contributed by atoms with van der Waals surface area (Å²) in [6.07, 6.45) is 11.0. The molecule has 0 atom stereocenters. The van der Waals surface area contributed by atoms with Gasteiger partial charge in [0.1, 0.15) is 5.65 Å². The quantitative estimate of drug-likeness (QED) is 0.667. The second kappa shape index (κ2) is 4.51. The van der Waals surface area contributed by atoms with Crippen LogP contribution in [0.2, 0.25) is 0 Å². The number of nitrogens with zero attached hydrogens (tertiary/aromatic N) is 2. The molecule has 0 spiro atoms. The van der Waals surface area contributed by atoms with Crippen molar-refractivity contribution >= 4 is 21.9 Å². The zero-order valence-corrected chi connectivity index (χ0v) is 11.4. The first-order valence-electron chi connectivity index (χ1n) is 7.41. The third kappa shape index (κ3) is 1.69. The molecule has 0 amide bonds.